The molecule has 0 saturated carbocycles. The second-order valence-corrected chi connectivity index (χ2v) is 8.28. The minimum atomic E-state index is -0.0671. The van der Waals surface area contributed by atoms with Gasteiger partial charge in [-0.25, -0.2) is 4.99 Å². The van der Waals surface area contributed by atoms with Crippen molar-refractivity contribution >= 4 is 47.6 Å². The van der Waals surface area contributed by atoms with Gasteiger partial charge in [0, 0.05) is 42.7 Å². The quantitative estimate of drug-likeness (QED) is 0.399. The molecular formula is C18H29IN4OS. The Morgan fingerprint density at radius 2 is 2.16 bits per heavy atom. The molecule has 1 amide bonds. The van der Waals surface area contributed by atoms with E-state index in [0.29, 0.717) is 12.1 Å². The van der Waals surface area contributed by atoms with Crippen LogP contribution in [0, 0.1) is 0 Å². The number of amides is 1. The molecule has 0 aliphatic carbocycles. The summed E-state index contributed by atoms with van der Waals surface area (Å²) in [5.74, 6) is 2.00. The maximum atomic E-state index is 11.8. The molecule has 0 spiro atoms. The molecule has 0 bridgehead atoms. The first kappa shape index (κ1) is 22.1. The Balaban J connectivity index is 0.00000312. The van der Waals surface area contributed by atoms with Crippen molar-refractivity contribution in [1.82, 2.24) is 15.5 Å². The Morgan fingerprint density at radius 3 is 2.80 bits per heavy atom. The van der Waals surface area contributed by atoms with Gasteiger partial charge in [0.15, 0.2) is 5.96 Å². The van der Waals surface area contributed by atoms with Crippen LogP contribution in [0.4, 0.5) is 0 Å². The van der Waals surface area contributed by atoms with Crippen LogP contribution < -0.4 is 10.6 Å². The van der Waals surface area contributed by atoms with Crippen LogP contribution >= 0.6 is 35.7 Å². The van der Waals surface area contributed by atoms with Gasteiger partial charge in [0.25, 0.3) is 5.91 Å². The van der Waals surface area contributed by atoms with Crippen LogP contribution in [0.2, 0.25) is 0 Å². The zero-order valence-electron chi connectivity index (χ0n) is 15.5. The molecule has 1 aliphatic rings. The molecule has 2 rings (SSSR count). The average Bonchev–Trinajstić information content (AvgIpc) is 2.57. The summed E-state index contributed by atoms with van der Waals surface area (Å²) >= 11 is 2.01. The molecule has 0 unspecified atom stereocenters. The Labute approximate surface area is 172 Å². The number of hydrogen-bond acceptors (Lipinski definition) is 3. The third-order valence-corrected chi connectivity index (χ3v) is 5.18. The standard InChI is InChI=1S/C18H28N4OS.HI/c1-5-20-17(22-9-10-24-18(2,3)13-22)21-12-14-7-6-8-15(11-14)16(23)19-4;/h6-8,11H,5,9-10,12-13H2,1-4H3,(H,19,23)(H,20,21);1H. The van der Waals surface area contributed by atoms with Crippen molar-refractivity contribution in [2.45, 2.75) is 32.1 Å². The maximum absolute atomic E-state index is 11.8. The minimum absolute atomic E-state index is 0. The van der Waals surface area contributed by atoms with Gasteiger partial charge in [0.2, 0.25) is 0 Å². The van der Waals surface area contributed by atoms with Gasteiger partial charge in [0.05, 0.1) is 6.54 Å². The van der Waals surface area contributed by atoms with E-state index < -0.39 is 0 Å². The lowest BCUT2D eigenvalue weighted by Gasteiger charge is -2.39. The normalized spacial score (nSPS) is 16.8. The first-order valence-corrected chi connectivity index (χ1v) is 9.42. The fraction of sp³-hybridized carbons (Fsp3) is 0.556. The van der Waals surface area contributed by atoms with Crippen molar-refractivity contribution in [2.24, 2.45) is 4.99 Å². The first-order chi connectivity index (χ1) is 11.4. The van der Waals surface area contributed by atoms with Gasteiger partial charge in [-0.15, -0.1) is 24.0 Å². The fourth-order valence-corrected chi connectivity index (χ4v) is 3.86. The number of guanidine groups is 1. The number of benzene rings is 1. The monoisotopic (exact) mass is 476 g/mol. The van der Waals surface area contributed by atoms with E-state index in [1.165, 1.54) is 0 Å². The number of halogens is 1. The number of carbonyl (C=O) groups is 1. The van der Waals surface area contributed by atoms with E-state index in [2.05, 4.69) is 36.3 Å². The van der Waals surface area contributed by atoms with Crippen molar-refractivity contribution in [1.29, 1.82) is 0 Å². The van der Waals surface area contributed by atoms with Gasteiger partial charge in [-0.2, -0.15) is 11.8 Å². The molecule has 1 saturated heterocycles. The molecule has 0 aromatic heterocycles. The van der Waals surface area contributed by atoms with E-state index in [1.54, 1.807) is 7.05 Å². The highest BCUT2D eigenvalue weighted by Crippen LogP contribution is 2.29. The smallest absolute Gasteiger partial charge is 0.251 e. The zero-order valence-corrected chi connectivity index (χ0v) is 18.6. The van der Waals surface area contributed by atoms with Gasteiger partial charge in [-0.1, -0.05) is 12.1 Å². The summed E-state index contributed by atoms with van der Waals surface area (Å²) in [7, 11) is 1.65. The molecule has 25 heavy (non-hydrogen) atoms. The SMILES string of the molecule is CCNC(=NCc1cccc(C(=O)NC)c1)N1CCSC(C)(C)C1.I. The van der Waals surface area contributed by atoms with Crippen LogP contribution in [-0.2, 0) is 6.54 Å². The van der Waals surface area contributed by atoms with Crippen LogP contribution in [0.5, 0.6) is 0 Å². The lowest BCUT2D eigenvalue weighted by atomic mass is 10.1. The highest BCUT2D eigenvalue weighted by atomic mass is 127. The zero-order chi connectivity index (χ0) is 17.6. The summed E-state index contributed by atoms with van der Waals surface area (Å²) in [6, 6.07) is 7.64. The molecule has 2 N–H and O–H groups in total. The van der Waals surface area contributed by atoms with E-state index in [-0.39, 0.29) is 34.6 Å². The number of aliphatic imine (C=N–C) groups is 1. The van der Waals surface area contributed by atoms with E-state index >= 15 is 0 Å². The summed E-state index contributed by atoms with van der Waals surface area (Å²) < 4.78 is 0.244. The average molecular weight is 476 g/mol. The Kier molecular flexibility index (Phi) is 9.06. The van der Waals surface area contributed by atoms with E-state index in [0.717, 1.165) is 36.9 Å². The van der Waals surface area contributed by atoms with Gasteiger partial charge < -0.3 is 15.5 Å². The molecule has 5 nitrogen and oxygen atoms in total. The van der Waals surface area contributed by atoms with Gasteiger partial charge in [-0.3, -0.25) is 4.79 Å². The summed E-state index contributed by atoms with van der Waals surface area (Å²) in [5, 5.41) is 6.05. The van der Waals surface area contributed by atoms with E-state index in [9.17, 15) is 4.79 Å². The number of hydrogen-bond donors (Lipinski definition) is 2. The second kappa shape index (κ2) is 10.3. The predicted octanol–water partition coefficient (Wildman–Crippen LogP) is 2.96. The second-order valence-electron chi connectivity index (χ2n) is 6.48. The lowest BCUT2D eigenvalue weighted by Crippen LogP contribution is -2.50. The molecular weight excluding hydrogens is 447 g/mol. The Hall–Kier alpha value is -0.960. The number of nitrogens with one attached hydrogen (secondary N) is 2. The number of thioether (sulfide) groups is 1. The Morgan fingerprint density at radius 1 is 1.40 bits per heavy atom. The molecule has 0 radical (unpaired) electrons. The molecule has 1 aromatic carbocycles. The van der Waals surface area contributed by atoms with Crippen molar-refractivity contribution < 1.29 is 4.79 Å². The number of carbonyl (C=O) groups excluding carboxylic acids is 1. The number of nitrogens with zero attached hydrogens (tertiary/aromatic N) is 2. The summed E-state index contributed by atoms with van der Waals surface area (Å²) in [6.45, 7) is 10.1. The third-order valence-electron chi connectivity index (χ3n) is 3.89. The maximum Gasteiger partial charge on any atom is 0.251 e. The van der Waals surface area contributed by atoms with E-state index in [1.807, 2.05) is 36.0 Å². The van der Waals surface area contributed by atoms with Gasteiger partial charge >= 0.3 is 0 Å². The molecule has 1 aliphatic heterocycles. The minimum Gasteiger partial charge on any atom is -0.357 e. The third kappa shape index (κ3) is 6.69. The lowest BCUT2D eigenvalue weighted by molar-refractivity contribution is 0.0963. The van der Waals surface area contributed by atoms with Crippen molar-refractivity contribution in [3.63, 3.8) is 0 Å². The van der Waals surface area contributed by atoms with Crippen molar-refractivity contribution in [2.75, 3.05) is 32.4 Å². The number of rotatable bonds is 4. The topological polar surface area (TPSA) is 56.7 Å². The van der Waals surface area contributed by atoms with Crippen molar-refractivity contribution in [3.8, 4) is 0 Å². The molecule has 1 fully saturated rings. The highest BCUT2D eigenvalue weighted by molar-refractivity contribution is 14.0. The molecule has 7 heteroatoms. The van der Waals surface area contributed by atoms with Crippen molar-refractivity contribution in [3.05, 3.63) is 35.4 Å². The summed E-state index contributed by atoms with van der Waals surface area (Å²) in [4.78, 5) is 18.9. The fourth-order valence-electron chi connectivity index (χ4n) is 2.74. The molecule has 140 valence electrons. The molecule has 1 heterocycles. The van der Waals surface area contributed by atoms with Gasteiger partial charge in [-0.05, 0) is 38.5 Å². The summed E-state index contributed by atoms with van der Waals surface area (Å²) in [5.41, 5.74) is 1.71. The van der Waals surface area contributed by atoms with Crippen LogP contribution in [0.25, 0.3) is 0 Å². The summed E-state index contributed by atoms with van der Waals surface area (Å²) in [6.07, 6.45) is 0. The predicted molar refractivity (Wildman–Crippen MR) is 118 cm³/mol. The molecule has 1 aromatic rings. The molecule has 0 atom stereocenters. The van der Waals surface area contributed by atoms with E-state index in [4.69, 9.17) is 4.99 Å². The highest BCUT2D eigenvalue weighted by Gasteiger charge is 2.28. The first-order valence-electron chi connectivity index (χ1n) is 8.43. The van der Waals surface area contributed by atoms with Crippen LogP contribution in [0.1, 0.15) is 36.7 Å². The van der Waals surface area contributed by atoms with Gasteiger partial charge in [0.1, 0.15) is 0 Å². The Bertz CT molecular complexity index is 606. The van der Waals surface area contributed by atoms with Crippen LogP contribution in [0.3, 0.4) is 0 Å². The van der Waals surface area contributed by atoms with Crippen LogP contribution in [-0.4, -0.2) is 53.9 Å². The van der Waals surface area contributed by atoms with Crippen LogP contribution in [0.15, 0.2) is 29.3 Å². The largest absolute Gasteiger partial charge is 0.357 e.